The first-order chi connectivity index (χ1) is 14.3. The van der Waals surface area contributed by atoms with Crippen LogP contribution in [0, 0.1) is 5.92 Å². The molecule has 1 aliphatic carbocycles. The molecule has 0 saturated carbocycles. The highest BCUT2D eigenvalue weighted by atomic mass is 16.7. The van der Waals surface area contributed by atoms with E-state index in [1.807, 2.05) is 30.3 Å². The number of ketones is 1. The van der Waals surface area contributed by atoms with Crippen LogP contribution in [0.25, 0.3) is 0 Å². The molecule has 1 unspecified atom stereocenters. The van der Waals surface area contributed by atoms with E-state index in [4.69, 9.17) is 9.47 Å². The molecule has 3 nitrogen and oxygen atoms in total. The zero-order valence-corrected chi connectivity index (χ0v) is 16.3. The van der Waals surface area contributed by atoms with Crippen molar-refractivity contribution < 1.29 is 14.3 Å². The molecule has 1 fully saturated rings. The van der Waals surface area contributed by atoms with Crippen molar-refractivity contribution in [2.24, 2.45) is 5.92 Å². The third-order valence-electron chi connectivity index (χ3n) is 6.30. The van der Waals surface area contributed by atoms with Gasteiger partial charge in [-0.2, -0.15) is 0 Å². The minimum Gasteiger partial charge on any atom is -0.350 e. The van der Waals surface area contributed by atoms with Gasteiger partial charge in [0.05, 0.1) is 18.6 Å². The largest absolute Gasteiger partial charge is 0.350 e. The minimum atomic E-state index is -0.505. The van der Waals surface area contributed by atoms with Crippen molar-refractivity contribution in [3.05, 3.63) is 107 Å². The minimum absolute atomic E-state index is 0.197. The molecule has 5 rings (SSSR count). The predicted octanol–water partition coefficient (Wildman–Crippen LogP) is 4.99. The summed E-state index contributed by atoms with van der Waals surface area (Å²) in [4.78, 5) is 13.7. The van der Waals surface area contributed by atoms with Gasteiger partial charge in [-0.3, -0.25) is 4.79 Å². The average Bonchev–Trinajstić information content (AvgIpc) is 3.39. The van der Waals surface area contributed by atoms with Crippen molar-refractivity contribution in [2.45, 2.75) is 24.5 Å². The highest BCUT2D eigenvalue weighted by molar-refractivity contribution is 6.05. The maximum Gasteiger partial charge on any atom is 0.167 e. The Morgan fingerprint density at radius 3 is 1.90 bits per heavy atom. The Bertz CT molecular complexity index is 951. The number of hydrogen-bond donors (Lipinski definition) is 0. The van der Waals surface area contributed by atoms with E-state index in [0.29, 0.717) is 26.1 Å². The summed E-state index contributed by atoms with van der Waals surface area (Å²) in [5.74, 6) is 0.0174. The molecular formula is C26H24O3. The standard InChI is InChI=1S/C26H24O3/c27-25-21-13-7-8-14-22(21)26(19-9-3-1-4-10-19,20-11-5-2-6-12-20)23(25)15-16-24-28-17-18-29-24/h1-14,23-24H,15-18H2. The number of fused-ring (bicyclic) bond motifs is 1. The third-order valence-corrected chi connectivity index (χ3v) is 6.30. The van der Waals surface area contributed by atoms with Crippen molar-refractivity contribution in [2.75, 3.05) is 13.2 Å². The molecule has 0 spiro atoms. The Morgan fingerprint density at radius 2 is 1.28 bits per heavy atom. The van der Waals surface area contributed by atoms with Gasteiger partial charge in [0.1, 0.15) is 0 Å². The monoisotopic (exact) mass is 384 g/mol. The van der Waals surface area contributed by atoms with Gasteiger partial charge in [-0.25, -0.2) is 0 Å². The lowest BCUT2D eigenvalue weighted by molar-refractivity contribution is -0.0501. The molecular weight excluding hydrogens is 360 g/mol. The van der Waals surface area contributed by atoms with Gasteiger partial charge in [0.25, 0.3) is 0 Å². The molecule has 0 amide bonds. The number of carbonyl (C=O) groups excluding carboxylic acids is 1. The van der Waals surface area contributed by atoms with E-state index < -0.39 is 5.41 Å². The summed E-state index contributed by atoms with van der Waals surface area (Å²) in [6, 6.07) is 29.0. The highest BCUT2D eigenvalue weighted by Gasteiger charge is 2.53. The molecule has 1 saturated heterocycles. The van der Waals surface area contributed by atoms with Crippen LogP contribution in [0.3, 0.4) is 0 Å². The Labute approximate surface area is 171 Å². The summed E-state index contributed by atoms with van der Waals surface area (Å²) >= 11 is 0. The number of rotatable bonds is 5. The topological polar surface area (TPSA) is 35.5 Å². The van der Waals surface area contributed by atoms with Crippen LogP contribution in [-0.4, -0.2) is 25.3 Å². The Kier molecular flexibility index (Phi) is 4.78. The van der Waals surface area contributed by atoms with Crippen LogP contribution < -0.4 is 0 Å². The van der Waals surface area contributed by atoms with Crippen LogP contribution in [0.2, 0.25) is 0 Å². The van der Waals surface area contributed by atoms with Crippen LogP contribution in [0.5, 0.6) is 0 Å². The smallest absolute Gasteiger partial charge is 0.167 e. The lowest BCUT2D eigenvalue weighted by Gasteiger charge is -2.37. The number of hydrogen-bond acceptors (Lipinski definition) is 3. The average molecular weight is 384 g/mol. The van der Waals surface area contributed by atoms with E-state index >= 15 is 0 Å². The lowest BCUT2D eigenvalue weighted by atomic mass is 9.64. The van der Waals surface area contributed by atoms with E-state index in [9.17, 15) is 4.79 Å². The third kappa shape index (κ3) is 2.93. The van der Waals surface area contributed by atoms with Crippen molar-refractivity contribution in [1.82, 2.24) is 0 Å². The van der Waals surface area contributed by atoms with Gasteiger partial charge in [0.2, 0.25) is 0 Å². The fraction of sp³-hybridized carbons (Fsp3) is 0.269. The number of Topliss-reactive ketones (excluding diaryl/α,β-unsaturated/α-hetero) is 1. The summed E-state index contributed by atoms with van der Waals surface area (Å²) in [6.07, 6.45) is 1.21. The van der Waals surface area contributed by atoms with Crippen LogP contribution in [0.15, 0.2) is 84.9 Å². The van der Waals surface area contributed by atoms with Gasteiger partial charge < -0.3 is 9.47 Å². The molecule has 0 radical (unpaired) electrons. The predicted molar refractivity (Wildman–Crippen MR) is 112 cm³/mol. The molecule has 1 aliphatic heterocycles. The zero-order chi connectivity index (χ0) is 19.7. The molecule has 0 bridgehead atoms. The van der Waals surface area contributed by atoms with Gasteiger partial charge in [-0.05, 0) is 29.5 Å². The molecule has 2 aliphatic rings. The van der Waals surface area contributed by atoms with Crippen LogP contribution in [0.1, 0.15) is 39.9 Å². The normalized spacial score (nSPS) is 20.7. The maximum absolute atomic E-state index is 13.7. The first-order valence-electron chi connectivity index (χ1n) is 10.3. The summed E-state index contributed by atoms with van der Waals surface area (Å²) < 4.78 is 11.3. The van der Waals surface area contributed by atoms with Crippen LogP contribution >= 0.6 is 0 Å². The van der Waals surface area contributed by atoms with Crippen molar-refractivity contribution in [3.8, 4) is 0 Å². The van der Waals surface area contributed by atoms with E-state index in [1.54, 1.807) is 0 Å². The molecule has 0 N–H and O–H groups in total. The van der Waals surface area contributed by atoms with E-state index in [1.165, 1.54) is 0 Å². The van der Waals surface area contributed by atoms with E-state index in [0.717, 1.165) is 22.3 Å². The quantitative estimate of drug-likeness (QED) is 0.622. The zero-order valence-electron chi connectivity index (χ0n) is 16.3. The van der Waals surface area contributed by atoms with Gasteiger partial charge in [-0.15, -0.1) is 0 Å². The fourth-order valence-corrected chi connectivity index (χ4v) is 5.12. The number of benzene rings is 3. The van der Waals surface area contributed by atoms with Gasteiger partial charge in [0.15, 0.2) is 12.1 Å². The molecule has 3 aromatic rings. The Balaban J connectivity index is 1.70. The van der Waals surface area contributed by atoms with Gasteiger partial charge in [-0.1, -0.05) is 84.9 Å². The molecule has 1 heterocycles. The van der Waals surface area contributed by atoms with Gasteiger partial charge >= 0.3 is 0 Å². The second-order valence-corrected chi connectivity index (χ2v) is 7.75. The second kappa shape index (κ2) is 7.58. The highest BCUT2D eigenvalue weighted by Crippen LogP contribution is 2.54. The molecule has 0 aromatic heterocycles. The molecule has 3 heteroatoms. The van der Waals surface area contributed by atoms with Crippen molar-refractivity contribution in [1.29, 1.82) is 0 Å². The summed E-state index contributed by atoms with van der Waals surface area (Å²) in [5, 5.41) is 0. The summed E-state index contributed by atoms with van der Waals surface area (Å²) in [6.45, 7) is 1.26. The molecule has 3 aromatic carbocycles. The van der Waals surface area contributed by atoms with Crippen molar-refractivity contribution >= 4 is 5.78 Å². The summed E-state index contributed by atoms with van der Waals surface area (Å²) in [5.41, 5.74) is 3.74. The van der Waals surface area contributed by atoms with Crippen LogP contribution in [-0.2, 0) is 14.9 Å². The Hall–Kier alpha value is -2.75. The maximum atomic E-state index is 13.7. The van der Waals surface area contributed by atoms with E-state index in [-0.39, 0.29) is 18.0 Å². The van der Waals surface area contributed by atoms with Gasteiger partial charge in [0, 0.05) is 11.5 Å². The summed E-state index contributed by atoms with van der Waals surface area (Å²) in [7, 11) is 0. The molecule has 146 valence electrons. The second-order valence-electron chi connectivity index (χ2n) is 7.75. The first kappa shape index (κ1) is 18.3. The fourth-order valence-electron chi connectivity index (χ4n) is 5.12. The number of carbonyl (C=O) groups is 1. The van der Waals surface area contributed by atoms with Crippen molar-refractivity contribution in [3.63, 3.8) is 0 Å². The SMILES string of the molecule is O=C1c2ccccc2C(c2ccccc2)(c2ccccc2)C1CCC1OCCO1. The van der Waals surface area contributed by atoms with Crippen LogP contribution in [0.4, 0.5) is 0 Å². The molecule has 29 heavy (non-hydrogen) atoms. The lowest BCUT2D eigenvalue weighted by Crippen LogP contribution is -2.37. The number of ether oxygens (including phenoxy) is 2. The van der Waals surface area contributed by atoms with E-state index in [2.05, 4.69) is 54.6 Å². The first-order valence-corrected chi connectivity index (χ1v) is 10.3. The molecule has 1 atom stereocenters. The Morgan fingerprint density at radius 1 is 0.724 bits per heavy atom.